The molecule has 0 aliphatic heterocycles. The Bertz CT molecular complexity index is 895. The number of ether oxygens (including phenoxy) is 1. The first kappa shape index (κ1) is 16.3. The summed E-state index contributed by atoms with van der Waals surface area (Å²) in [5, 5.41) is 10.3. The fourth-order valence-electron chi connectivity index (χ4n) is 2.92. The van der Waals surface area contributed by atoms with Gasteiger partial charge in [-0.3, -0.25) is 9.13 Å². The molecule has 0 saturated heterocycles. The van der Waals surface area contributed by atoms with Crippen molar-refractivity contribution in [2.45, 2.75) is 33.0 Å². The Labute approximate surface area is 140 Å². The van der Waals surface area contributed by atoms with E-state index in [9.17, 15) is 9.90 Å². The molecule has 0 radical (unpaired) electrons. The number of rotatable bonds is 6. The van der Waals surface area contributed by atoms with Crippen molar-refractivity contribution in [1.82, 2.24) is 9.13 Å². The van der Waals surface area contributed by atoms with E-state index in [1.807, 2.05) is 62.4 Å². The number of nitrogens with zero attached hydrogens (tertiary/aromatic N) is 2. The standard InChI is InChI=1S/C19H22N2O3/c1-3-20-17-9-4-5-10-18(17)21(19(20)23)12-15(22)13-24-16-8-6-7-14(2)11-16/h4-11,15,22H,3,12-13H2,1-2H3/t15-/m1/s1. The maximum absolute atomic E-state index is 12.5. The predicted molar refractivity (Wildman–Crippen MR) is 94.6 cm³/mol. The molecule has 3 rings (SSSR count). The Balaban J connectivity index is 1.77. The van der Waals surface area contributed by atoms with E-state index in [-0.39, 0.29) is 18.8 Å². The van der Waals surface area contributed by atoms with E-state index in [4.69, 9.17) is 4.74 Å². The van der Waals surface area contributed by atoms with E-state index in [0.29, 0.717) is 6.54 Å². The highest BCUT2D eigenvalue weighted by molar-refractivity contribution is 5.75. The first-order valence-electron chi connectivity index (χ1n) is 8.15. The third-order valence-corrected chi connectivity index (χ3v) is 4.07. The molecular weight excluding hydrogens is 304 g/mol. The molecule has 1 N–H and O–H groups in total. The summed E-state index contributed by atoms with van der Waals surface area (Å²) < 4.78 is 8.96. The smallest absolute Gasteiger partial charge is 0.329 e. The average Bonchev–Trinajstić information content (AvgIpc) is 2.85. The maximum atomic E-state index is 12.5. The number of para-hydroxylation sites is 2. The zero-order valence-corrected chi connectivity index (χ0v) is 14.0. The quantitative estimate of drug-likeness (QED) is 0.757. The van der Waals surface area contributed by atoms with Crippen molar-refractivity contribution in [2.75, 3.05) is 6.61 Å². The average molecular weight is 326 g/mol. The van der Waals surface area contributed by atoms with Crippen LogP contribution >= 0.6 is 0 Å². The summed E-state index contributed by atoms with van der Waals surface area (Å²) in [6, 6.07) is 15.3. The van der Waals surface area contributed by atoms with Gasteiger partial charge >= 0.3 is 5.69 Å². The third-order valence-electron chi connectivity index (χ3n) is 4.07. The van der Waals surface area contributed by atoms with Crippen LogP contribution in [0.3, 0.4) is 0 Å². The molecule has 0 bridgehead atoms. The van der Waals surface area contributed by atoms with Crippen LogP contribution in [0.1, 0.15) is 12.5 Å². The summed E-state index contributed by atoms with van der Waals surface area (Å²) in [4.78, 5) is 12.5. The second kappa shape index (κ2) is 6.93. The van der Waals surface area contributed by atoms with Gasteiger partial charge in [0.25, 0.3) is 0 Å². The molecule has 0 fully saturated rings. The highest BCUT2D eigenvalue weighted by Crippen LogP contribution is 2.15. The van der Waals surface area contributed by atoms with Crippen LogP contribution in [0.2, 0.25) is 0 Å². The van der Waals surface area contributed by atoms with Gasteiger partial charge in [-0.15, -0.1) is 0 Å². The number of benzene rings is 2. The molecule has 0 unspecified atom stereocenters. The van der Waals surface area contributed by atoms with Crippen LogP contribution in [-0.2, 0) is 13.1 Å². The van der Waals surface area contributed by atoms with Gasteiger partial charge in [0.15, 0.2) is 0 Å². The number of aromatic nitrogens is 2. The topological polar surface area (TPSA) is 56.4 Å². The minimum atomic E-state index is -0.765. The number of aliphatic hydroxyl groups is 1. The van der Waals surface area contributed by atoms with Gasteiger partial charge in [0.05, 0.1) is 17.6 Å². The summed E-state index contributed by atoms with van der Waals surface area (Å²) in [6.07, 6.45) is -0.765. The van der Waals surface area contributed by atoms with Crippen molar-refractivity contribution in [3.05, 3.63) is 64.6 Å². The Hall–Kier alpha value is -2.53. The van der Waals surface area contributed by atoms with Gasteiger partial charge in [0, 0.05) is 6.54 Å². The molecule has 126 valence electrons. The van der Waals surface area contributed by atoms with Crippen LogP contribution in [0.5, 0.6) is 5.75 Å². The maximum Gasteiger partial charge on any atom is 0.329 e. The lowest BCUT2D eigenvalue weighted by Crippen LogP contribution is -2.31. The van der Waals surface area contributed by atoms with Gasteiger partial charge in [-0.1, -0.05) is 24.3 Å². The van der Waals surface area contributed by atoms with Crippen molar-refractivity contribution in [3.8, 4) is 5.75 Å². The largest absolute Gasteiger partial charge is 0.491 e. The van der Waals surface area contributed by atoms with Gasteiger partial charge in [0.1, 0.15) is 18.5 Å². The summed E-state index contributed by atoms with van der Waals surface area (Å²) in [5.41, 5.74) is 2.72. The van der Waals surface area contributed by atoms with Gasteiger partial charge < -0.3 is 9.84 Å². The predicted octanol–water partition coefficient (Wildman–Crippen LogP) is 2.57. The molecule has 1 atom stereocenters. The molecule has 1 aromatic heterocycles. The lowest BCUT2D eigenvalue weighted by Gasteiger charge is -2.13. The Morgan fingerprint density at radius 2 is 1.79 bits per heavy atom. The van der Waals surface area contributed by atoms with Gasteiger partial charge in [-0.2, -0.15) is 0 Å². The second-order valence-electron chi connectivity index (χ2n) is 5.91. The van der Waals surface area contributed by atoms with Crippen molar-refractivity contribution in [3.63, 3.8) is 0 Å². The van der Waals surface area contributed by atoms with Crippen LogP contribution < -0.4 is 10.4 Å². The zero-order valence-electron chi connectivity index (χ0n) is 14.0. The zero-order chi connectivity index (χ0) is 17.1. The first-order valence-corrected chi connectivity index (χ1v) is 8.15. The highest BCUT2D eigenvalue weighted by Gasteiger charge is 2.15. The van der Waals surface area contributed by atoms with E-state index in [2.05, 4.69) is 0 Å². The molecule has 24 heavy (non-hydrogen) atoms. The number of aryl methyl sites for hydroxylation is 2. The molecule has 0 spiro atoms. The summed E-state index contributed by atoms with van der Waals surface area (Å²) in [5.74, 6) is 0.720. The SMILES string of the molecule is CCn1c(=O)n(C[C@@H](O)COc2cccc(C)c2)c2ccccc21. The highest BCUT2D eigenvalue weighted by atomic mass is 16.5. The molecule has 5 heteroatoms. The van der Waals surface area contributed by atoms with Crippen LogP contribution in [0.25, 0.3) is 11.0 Å². The molecule has 1 heterocycles. The van der Waals surface area contributed by atoms with Gasteiger partial charge in [0.2, 0.25) is 0 Å². The summed E-state index contributed by atoms with van der Waals surface area (Å²) >= 11 is 0. The summed E-state index contributed by atoms with van der Waals surface area (Å²) in [7, 11) is 0. The fourth-order valence-corrected chi connectivity index (χ4v) is 2.92. The normalized spacial score (nSPS) is 12.5. The van der Waals surface area contributed by atoms with Crippen molar-refractivity contribution in [2.24, 2.45) is 0 Å². The third kappa shape index (κ3) is 3.21. The Kier molecular flexibility index (Phi) is 4.71. The van der Waals surface area contributed by atoms with E-state index in [0.717, 1.165) is 22.3 Å². The lowest BCUT2D eigenvalue weighted by atomic mass is 10.2. The first-order chi connectivity index (χ1) is 11.6. The van der Waals surface area contributed by atoms with Crippen LogP contribution in [-0.4, -0.2) is 27.0 Å². The van der Waals surface area contributed by atoms with E-state index in [1.54, 1.807) is 9.13 Å². The summed E-state index contributed by atoms with van der Waals surface area (Å²) in [6.45, 7) is 4.87. The van der Waals surface area contributed by atoms with Crippen molar-refractivity contribution >= 4 is 11.0 Å². The molecule has 0 aliphatic rings. The second-order valence-corrected chi connectivity index (χ2v) is 5.91. The number of imidazole rings is 1. The van der Waals surface area contributed by atoms with Crippen LogP contribution in [0.4, 0.5) is 0 Å². The van der Waals surface area contributed by atoms with E-state index >= 15 is 0 Å². The minimum Gasteiger partial charge on any atom is -0.491 e. The van der Waals surface area contributed by atoms with E-state index < -0.39 is 6.10 Å². The minimum absolute atomic E-state index is 0.103. The number of hydrogen-bond acceptors (Lipinski definition) is 3. The van der Waals surface area contributed by atoms with Crippen LogP contribution in [0, 0.1) is 6.92 Å². The van der Waals surface area contributed by atoms with Crippen molar-refractivity contribution < 1.29 is 9.84 Å². The van der Waals surface area contributed by atoms with Crippen LogP contribution in [0.15, 0.2) is 53.3 Å². The fraction of sp³-hybridized carbons (Fsp3) is 0.316. The molecular formula is C19H22N2O3. The lowest BCUT2D eigenvalue weighted by molar-refractivity contribution is 0.0924. The Morgan fingerprint density at radius 3 is 2.46 bits per heavy atom. The monoisotopic (exact) mass is 326 g/mol. The molecule has 0 aliphatic carbocycles. The number of fused-ring (bicyclic) bond motifs is 1. The molecule has 0 saturated carbocycles. The van der Waals surface area contributed by atoms with Gasteiger partial charge in [-0.05, 0) is 43.7 Å². The molecule has 5 nitrogen and oxygen atoms in total. The molecule has 3 aromatic rings. The number of hydrogen-bond donors (Lipinski definition) is 1. The van der Waals surface area contributed by atoms with Gasteiger partial charge in [-0.25, -0.2) is 4.79 Å². The molecule has 2 aromatic carbocycles. The Morgan fingerprint density at radius 1 is 1.08 bits per heavy atom. The number of aliphatic hydroxyl groups excluding tert-OH is 1. The molecule has 0 amide bonds. The van der Waals surface area contributed by atoms with Crippen molar-refractivity contribution in [1.29, 1.82) is 0 Å². The van der Waals surface area contributed by atoms with E-state index in [1.165, 1.54) is 0 Å².